The monoisotopic (exact) mass is 411 g/mol. The average molecular weight is 411 g/mol. The average Bonchev–Trinajstić information content (AvgIpc) is 3.36. The number of nitrogens with one attached hydrogen (secondary N) is 2. The van der Waals surface area contributed by atoms with E-state index >= 15 is 0 Å². The van der Waals surface area contributed by atoms with Crippen molar-refractivity contribution >= 4 is 5.96 Å². The number of halogens is 2. The van der Waals surface area contributed by atoms with Crippen molar-refractivity contribution in [2.75, 3.05) is 33.6 Å². The second kappa shape index (κ2) is 10.5. The molecule has 0 saturated carbocycles. The van der Waals surface area contributed by atoms with Crippen molar-refractivity contribution in [1.82, 2.24) is 10.6 Å². The van der Waals surface area contributed by atoms with E-state index in [1.807, 2.05) is 12.1 Å². The molecule has 158 valence electrons. The van der Waals surface area contributed by atoms with Crippen LogP contribution in [0, 0.1) is 0 Å². The second-order valence-corrected chi connectivity index (χ2v) is 6.03. The minimum Gasteiger partial charge on any atom is -0.469 e. The van der Waals surface area contributed by atoms with Crippen molar-refractivity contribution in [3.8, 4) is 17.2 Å². The van der Waals surface area contributed by atoms with Gasteiger partial charge >= 0.3 is 6.61 Å². The Hall–Kier alpha value is -3.01. The number of aliphatic imine (C=N–C) groups is 1. The highest BCUT2D eigenvalue weighted by Crippen LogP contribution is 2.39. The molecular weight excluding hydrogens is 388 g/mol. The smallest absolute Gasteiger partial charge is 0.387 e. The summed E-state index contributed by atoms with van der Waals surface area (Å²) in [6.07, 6.45) is 2.28. The second-order valence-electron chi connectivity index (χ2n) is 6.03. The van der Waals surface area contributed by atoms with E-state index in [0.29, 0.717) is 49.1 Å². The molecule has 1 aliphatic rings. The van der Waals surface area contributed by atoms with E-state index in [9.17, 15) is 8.78 Å². The van der Waals surface area contributed by atoms with Crippen LogP contribution in [0.2, 0.25) is 0 Å². The lowest BCUT2D eigenvalue weighted by atomic mass is 10.1. The third-order valence-corrected chi connectivity index (χ3v) is 4.02. The Bertz CT molecular complexity index is 799. The molecule has 0 aliphatic carbocycles. The maximum atomic E-state index is 12.8. The Balaban J connectivity index is 1.69. The van der Waals surface area contributed by atoms with Gasteiger partial charge in [-0.25, -0.2) is 4.99 Å². The van der Waals surface area contributed by atoms with Gasteiger partial charge in [-0.1, -0.05) is 0 Å². The topological polar surface area (TPSA) is 86.5 Å². The summed E-state index contributed by atoms with van der Waals surface area (Å²) in [6, 6.07) is 6.70. The fourth-order valence-electron chi connectivity index (χ4n) is 2.66. The summed E-state index contributed by atoms with van der Waals surface area (Å²) in [6.45, 7) is -1.22. The van der Waals surface area contributed by atoms with Gasteiger partial charge in [-0.2, -0.15) is 8.78 Å². The molecule has 10 heteroatoms. The van der Waals surface area contributed by atoms with E-state index in [1.54, 1.807) is 19.4 Å². The molecule has 3 rings (SSSR count). The molecule has 1 aromatic heterocycles. The molecule has 1 aromatic carbocycles. The fraction of sp³-hybridized carbons (Fsp3) is 0.421. The van der Waals surface area contributed by atoms with Gasteiger partial charge in [0.1, 0.15) is 11.5 Å². The highest BCUT2D eigenvalue weighted by atomic mass is 19.3. The first kappa shape index (κ1) is 20.7. The van der Waals surface area contributed by atoms with Crippen LogP contribution in [0.1, 0.15) is 11.3 Å². The molecule has 0 fully saturated rings. The molecular formula is C19H23F2N3O5. The van der Waals surface area contributed by atoms with Crippen LogP contribution in [-0.4, -0.2) is 46.2 Å². The Morgan fingerprint density at radius 1 is 1.21 bits per heavy atom. The van der Waals surface area contributed by atoms with Crippen molar-refractivity contribution < 1.29 is 32.1 Å². The zero-order valence-corrected chi connectivity index (χ0v) is 16.0. The molecule has 2 N–H and O–H groups in total. The number of ether oxygens (including phenoxy) is 4. The summed E-state index contributed by atoms with van der Waals surface area (Å²) in [5, 5.41) is 6.30. The molecule has 2 aromatic rings. The minimum atomic E-state index is -2.95. The van der Waals surface area contributed by atoms with E-state index < -0.39 is 6.61 Å². The number of hydrogen-bond acceptors (Lipinski definition) is 6. The lowest BCUT2D eigenvalue weighted by Crippen LogP contribution is -2.40. The molecule has 0 atom stereocenters. The number of rotatable bonds is 10. The van der Waals surface area contributed by atoms with Gasteiger partial charge in [0.2, 0.25) is 6.79 Å². The predicted octanol–water partition coefficient (Wildman–Crippen LogP) is 2.53. The zero-order valence-electron chi connectivity index (χ0n) is 16.0. The molecule has 1 aliphatic heterocycles. The SMILES string of the molecule is COCCNC(=NCc1cc2c(cc1OC(F)F)OCO2)NCCc1ccco1. The molecule has 0 amide bonds. The first-order valence-corrected chi connectivity index (χ1v) is 9.06. The highest BCUT2D eigenvalue weighted by Gasteiger charge is 2.20. The van der Waals surface area contributed by atoms with Gasteiger partial charge in [0.05, 0.1) is 19.4 Å². The maximum absolute atomic E-state index is 12.8. The summed E-state index contributed by atoms with van der Waals surface area (Å²) in [5.74, 6) is 2.19. The van der Waals surface area contributed by atoms with Crippen molar-refractivity contribution in [2.24, 2.45) is 4.99 Å². The third-order valence-electron chi connectivity index (χ3n) is 4.02. The number of alkyl halides is 2. The van der Waals surface area contributed by atoms with Crippen LogP contribution in [0.4, 0.5) is 8.78 Å². The van der Waals surface area contributed by atoms with Crippen LogP contribution in [0.15, 0.2) is 39.9 Å². The van der Waals surface area contributed by atoms with E-state index in [0.717, 1.165) is 5.76 Å². The molecule has 0 saturated heterocycles. The molecule has 0 unspecified atom stereocenters. The molecule has 0 bridgehead atoms. The van der Waals surface area contributed by atoms with Crippen LogP contribution >= 0.6 is 0 Å². The number of hydrogen-bond donors (Lipinski definition) is 2. The van der Waals surface area contributed by atoms with Gasteiger partial charge < -0.3 is 34.0 Å². The Morgan fingerprint density at radius 2 is 2.00 bits per heavy atom. The molecule has 2 heterocycles. The van der Waals surface area contributed by atoms with Gasteiger partial charge in [0.15, 0.2) is 17.5 Å². The highest BCUT2D eigenvalue weighted by molar-refractivity contribution is 5.79. The van der Waals surface area contributed by atoms with Gasteiger partial charge in [0.25, 0.3) is 0 Å². The van der Waals surface area contributed by atoms with Gasteiger partial charge in [-0.05, 0) is 18.2 Å². The Labute approximate surface area is 166 Å². The number of nitrogens with zero attached hydrogens (tertiary/aromatic N) is 1. The largest absolute Gasteiger partial charge is 0.469 e. The number of fused-ring (bicyclic) bond motifs is 1. The molecule has 8 nitrogen and oxygen atoms in total. The zero-order chi connectivity index (χ0) is 20.5. The molecule has 29 heavy (non-hydrogen) atoms. The number of benzene rings is 1. The third kappa shape index (κ3) is 6.24. The lowest BCUT2D eigenvalue weighted by molar-refractivity contribution is -0.0505. The van der Waals surface area contributed by atoms with E-state index in [1.165, 1.54) is 6.07 Å². The summed E-state index contributed by atoms with van der Waals surface area (Å²) < 4.78 is 51.1. The van der Waals surface area contributed by atoms with Gasteiger partial charge in [0, 0.05) is 38.2 Å². The number of methoxy groups -OCH3 is 1. The summed E-state index contributed by atoms with van der Waals surface area (Å²) in [4.78, 5) is 4.47. The van der Waals surface area contributed by atoms with Gasteiger partial charge in [-0.3, -0.25) is 0 Å². The summed E-state index contributed by atoms with van der Waals surface area (Å²) >= 11 is 0. The quantitative estimate of drug-likeness (QED) is 0.353. The Morgan fingerprint density at radius 3 is 2.72 bits per heavy atom. The minimum absolute atomic E-state index is 0.000160. The van der Waals surface area contributed by atoms with Crippen LogP contribution in [-0.2, 0) is 17.7 Å². The standard InChI is InChI=1S/C19H23F2N3O5/c1-25-8-6-23-19(22-5-4-14-3-2-7-26-14)24-11-13-9-16-17(28-12-27-16)10-15(13)29-18(20)21/h2-3,7,9-10,18H,4-6,8,11-12H2,1H3,(H2,22,23,24). The van der Waals surface area contributed by atoms with Crippen LogP contribution < -0.4 is 24.8 Å². The fourth-order valence-corrected chi connectivity index (χ4v) is 2.66. The van der Waals surface area contributed by atoms with E-state index in [4.69, 9.17) is 18.6 Å². The first-order valence-electron chi connectivity index (χ1n) is 9.06. The number of guanidine groups is 1. The maximum Gasteiger partial charge on any atom is 0.387 e. The van der Waals surface area contributed by atoms with Crippen LogP contribution in [0.5, 0.6) is 17.2 Å². The molecule has 0 spiro atoms. The van der Waals surface area contributed by atoms with E-state index in [-0.39, 0.29) is 19.1 Å². The van der Waals surface area contributed by atoms with Crippen LogP contribution in [0.3, 0.4) is 0 Å². The summed E-state index contributed by atoms with van der Waals surface area (Å²) in [5.41, 5.74) is 0.452. The lowest BCUT2D eigenvalue weighted by Gasteiger charge is -2.14. The predicted molar refractivity (Wildman–Crippen MR) is 101 cm³/mol. The van der Waals surface area contributed by atoms with Crippen molar-refractivity contribution in [3.05, 3.63) is 41.9 Å². The Kier molecular flexibility index (Phi) is 7.51. The van der Waals surface area contributed by atoms with Crippen molar-refractivity contribution in [2.45, 2.75) is 19.6 Å². The van der Waals surface area contributed by atoms with Gasteiger partial charge in [-0.15, -0.1) is 0 Å². The van der Waals surface area contributed by atoms with Crippen LogP contribution in [0.25, 0.3) is 0 Å². The summed E-state index contributed by atoms with van der Waals surface area (Å²) in [7, 11) is 1.60. The van der Waals surface area contributed by atoms with E-state index in [2.05, 4.69) is 20.4 Å². The first-order chi connectivity index (χ1) is 14.2. The van der Waals surface area contributed by atoms with Crippen molar-refractivity contribution in [3.63, 3.8) is 0 Å². The molecule has 0 radical (unpaired) electrons. The number of furan rings is 1. The van der Waals surface area contributed by atoms with Crippen molar-refractivity contribution in [1.29, 1.82) is 0 Å². The normalized spacial score (nSPS) is 13.0.